The number of allylic oxidation sites excluding steroid dienone is 6. The van der Waals surface area contributed by atoms with Crippen molar-refractivity contribution in [1.82, 2.24) is 15.0 Å². The number of amides is 2. The molecule has 2 aromatic heterocycles. The fourth-order valence-corrected chi connectivity index (χ4v) is 3.27. The summed E-state index contributed by atoms with van der Waals surface area (Å²) in [6.07, 6.45) is 17.0. The summed E-state index contributed by atoms with van der Waals surface area (Å²) in [7, 11) is 0. The van der Waals surface area contributed by atoms with E-state index in [2.05, 4.69) is 51.7 Å². The molecule has 4 rings (SSSR count). The summed E-state index contributed by atoms with van der Waals surface area (Å²) in [5, 5.41) is 5.06. The lowest BCUT2D eigenvalue weighted by atomic mass is 10.1. The van der Waals surface area contributed by atoms with Crippen LogP contribution in [-0.4, -0.2) is 27.8 Å². The topological polar surface area (TPSA) is 99.8 Å². The predicted octanol–water partition coefficient (Wildman–Crippen LogP) is 7.06. The van der Waals surface area contributed by atoms with Crippen LogP contribution in [0, 0.1) is 11.8 Å². The number of nitrogens with zero attached hydrogens (tertiary/aromatic N) is 2. The minimum absolute atomic E-state index is 0.445. The number of pyridine rings is 1. The van der Waals surface area contributed by atoms with E-state index in [9.17, 15) is 9.59 Å². The van der Waals surface area contributed by atoms with E-state index in [4.69, 9.17) is 0 Å². The van der Waals surface area contributed by atoms with Crippen molar-refractivity contribution in [1.29, 1.82) is 0 Å². The summed E-state index contributed by atoms with van der Waals surface area (Å²) in [5.41, 5.74) is 4.27. The first-order valence-electron chi connectivity index (χ1n) is 12.3. The highest BCUT2D eigenvalue weighted by molar-refractivity contribution is 5.83. The Hall–Kier alpha value is -4.26. The maximum absolute atomic E-state index is 10.4. The van der Waals surface area contributed by atoms with Gasteiger partial charge in [0.2, 0.25) is 12.8 Å². The molecule has 7 nitrogen and oxygen atoms in total. The highest BCUT2D eigenvalue weighted by Gasteiger charge is 2.22. The first-order valence-corrected chi connectivity index (χ1v) is 12.3. The van der Waals surface area contributed by atoms with Crippen LogP contribution in [0.5, 0.6) is 0 Å². The van der Waals surface area contributed by atoms with Gasteiger partial charge in [-0.1, -0.05) is 62.3 Å². The van der Waals surface area contributed by atoms with Gasteiger partial charge in [-0.2, -0.15) is 0 Å². The van der Waals surface area contributed by atoms with Gasteiger partial charge in [0.25, 0.3) is 0 Å². The summed E-state index contributed by atoms with van der Waals surface area (Å²) < 4.78 is 0. The van der Waals surface area contributed by atoms with Crippen LogP contribution in [0.1, 0.15) is 40.0 Å². The van der Waals surface area contributed by atoms with Gasteiger partial charge in [-0.25, -0.2) is 9.97 Å². The number of carbonyl (C=O) groups excluding carboxylic acids is 2. The van der Waals surface area contributed by atoms with E-state index >= 15 is 0 Å². The van der Waals surface area contributed by atoms with Crippen molar-refractivity contribution < 1.29 is 9.59 Å². The van der Waals surface area contributed by atoms with Gasteiger partial charge in [-0.15, -0.1) is 6.58 Å². The number of hydrogen-bond donors (Lipinski definition) is 3. The number of rotatable bonds is 10. The lowest BCUT2D eigenvalue weighted by Gasteiger charge is -2.00. The lowest BCUT2D eigenvalue weighted by Crippen LogP contribution is -1.95. The van der Waals surface area contributed by atoms with Crippen molar-refractivity contribution in [3.63, 3.8) is 0 Å². The van der Waals surface area contributed by atoms with Crippen molar-refractivity contribution in [3.05, 3.63) is 85.6 Å². The minimum atomic E-state index is 0.445. The van der Waals surface area contributed by atoms with Gasteiger partial charge in [-0.3, -0.25) is 9.59 Å². The minimum Gasteiger partial charge on any atom is -0.337 e. The van der Waals surface area contributed by atoms with Crippen molar-refractivity contribution in [3.8, 4) is 11.4 Å². The third-order valence-corrected chi connectivity index (χ3v) is 5.64. The average molecular weight is 500 g/mol. The maximum atomic E-state index is 10.4. The molecule has 1 unspecified atom stereocenters. The molecule has 3 aromatic rings. The molecule has 37 heavy (non-hydrogen) atoms. The molecule has 7 heteroatoms. The van der Waals surface area contributed by atoms with E-state index in [1.165, 1.54) is 24.8 Å². The molecule has 1 fully saturated rings. The number of hydrogen-bond acceptors (Lipinski definition) is 4. The molecule has 0 radical (unpaired) electrons. The van der Waals surface area contributed by atoms with Crippen LogP contribution < -0.4 is 10.6 Å². The Morgan fingerprint density at radius 1 is 1.16 bits per heavy atom. The molecule has 194 valence electrons. The Balaban J connectivity index is 0.000000248. The van der Waals surface area contributed by atoms with Crippen molar-refractivity contribution in [2.45, 2.75) is 40.0 Å². The number of anilines is 2. The van der Waals surface area contributed by atoms with Crippen LogP contribution in [-0.2, 0) is 9.59 Å². The van der Waals surface area contributed by atoms with E-state index in [0.29, 0.717) is 35.7 Å². The Bertz CT molecular complexity index is 1220. The van der Waals surface area contributed by atoms with E-state index in [1.807, 2.05) is 50.3 Å². The van der Waals surface area contributed by atoms with E-state index in [1.54, 1.807) is 24.4 Å². The molecule has 2 heterocycles. The van der Waals surface area contributed by atoms with E-state index < -0.39 is 0 Å². The van der Waals surface area contributed by atoms with Crippen molar-refractivity contribution >= 4 is 35.4 Å². The summed E-state index contributed by atoms with van der Waals surface area (Å²) in [4.78, 5) is 32.5. The SMILES string of the molecule is C=C/C(C)=C\C=C/C.C=CC(C)CC1CC1.O=CNc1ccc(-c2nc3cc(NC=O)ncc3[nH]2)cc1. The molecule has 1 aliphatic carbocycles. The molecule has 3 N–H and O–H groups in total. The molecule has 1 saturated carbocycles. The second-order valence-corrected chi connectivity index (χ2v) is 8.81. The van der Waals surface area contributed by atoms with Gasteiger partial charge in [0.05, 0.1) is 17.2 Å². The molecule has 1 aromatic carbocycles. The smallest absolute Gasteiger partial charge is 0.212 e. The fraction of sp³-hybridized carbons (Fsp3) is 0.267. The summed E-state index contributed by atoms with van der Waals surface area (Å²) in [5.74, 6) is 2.94. The Morgan fingerprint density at radius 2 is 1.86 bits per heavy atom. The molecule has 1 atom stereocenters. The summed E-state index contributed by atoms with van der Waals surface area (Å²) in [6, 6.07) is 8.96. The lowest BCUT2D eigenvalue weighted by molar-refractivity contribution is -0.106. The second kappa shape index (κ2) is 15.7. The Labute approximate surface area is 219 Å². The van der Waals surface area contributed by atoms with Crippen LogP contribution >= 0.6 is 0 Å². The van der Waals surface area contributed by atoms with Crippen molar-refractivity contribution in [2.75, 3.05) is 10.6 Å². The van der Waals surface area contributed by atoms with Crippen LogP contribution in [0.25, 0.3) is 22.4 Å². The standard InChI is InChI=1S/C14H11N5O2.C8H14.C8H12/c20-7-16-10-3-1-9(2-4-10)14-18-11-5-13(17-8-21)15-6-12(11)19-14;1-3-7(2)6-8-4-5-8;1-4-6-7-8(3)5-2/h1-8H,(H,16,20)(H,18,19)(H,15,17,21);3,7-8H,1,4-6H2,2H3;4-7H,2H2,1,3H3/b;;6-4-,8-7-. The zero-order valence-corrected chi connectivity index (χ0v) is 21.9. The van der Waals surface area contributed by atoms with E-state index in [-0.39, 0.29) is 0 Å². The number of aromatic amines is 1. The van der Waals surface area contributed by atoms with Gasteiger partial charge in [-0.05, 0) is 56.4 Å². The number of H-pyrrole nitrogens is 1. The largest absolute Gasteiger partial charge is 0.337 e. The highest BCUT2D eigenvalue weighted by atomic mass is 16.1. The zero-order valence-electron chi connectivity index (χ0n) is 21.9. The quantitative estimate of drug-likeness (QED) is 0.158. The van der Waals surface area contributed by atoms with Gasteiger partial charge >= 0.3 is 0 Å². The number of fused-ring (bicyclic) bond motifs is 1. The number of nitrogens with one attached hydrogen (secondary N) is 3. The molecule has 1 aliphatic rings. The van der Waals surface area contributed by atoms with Crippen LogP contribution in [0.2, 0.25) is 0 Å². The third kappa shape index (κ3) is 10.5. The Kier molecular flexibility index (Phi) is 12.3. The fourth-order valence-electron chi connectivity index (χ4n) is 3.27. The second-order valence-electron chi connectivity index (χ2n) is 8.81. The summed E-state index contributed by atoms with van der Waals surface area (Å²) in [6.45, 7) is 13.6. The molecule has 2 amide bonds. The van der Waals surface area contributed by atoms with Crippen LogP contribution in [0.15, 0.2) is 85.6 Å². The summed E-state index contributed by atoms with van der Waals surface area (Å²) >= 11 is 0. The van der Waals surface area contributed by atoms with Gasteiger partial charge in [0.15, 0.2) is 0 Å². The number of carbonyl (C=O) groups is 2. The zero-order chi connectivity index (χ0) is 27.0. The van der Waals surface area contributed by atoms with Crippen LogP contribution in [0.3, 0.4) is 0 Å². The highest BCUT2D eigenvalue weighted by Crippen LogP contribution is 2.35. The number of imidazole rings is 1. The first-order chi connectivity index (χ1) is 17.9. The molecule has 0 aliphatic heterocycles. The number of benzene rings is 1. The normalized spacial score (nSPS) is 13.4. The molecular weight excluding hydrogens is 462 g/mol. The van der Waals surface area contributed by atoms with Crippen molar-refractivity contribution in [2.24, 2.45) is 11.8 Å². The van der Waals surface area contributed by atoms with Crippen LogP contribution in [0.4, 0.5) is 11.5 Å². The molecular formula is C30H37N5O2. The maximum Gasteiger partial charge on any atom is 0.212 e. The molecule has 0 spiro atoms. The van der Waals surface area contributed by atoms with Gasteiger partial charge < -0.3 is 15.6 Å². The monoisotopic (exact) mass is 499 g/mol. The molecule has 0 saturated heterocycles. The third-order valence-electron chi connectivity index (χ3n) is 5.64. The predicted molar refractivity (Wildman–Crippen MR) is 154 cm³/mol. The van der Waals surface area contributed by atoms with Gasteiger partial charge in [0.1, 0.15) is 11.6 Å². The Morgan fingerprint density at radius 3 is 2.43 bits per heavy atom. The van der Waals surface area contributed by atoms with E-state index in [0.717, 1.165) is 22.9 Å². The first kappa shape index (κ1) is 29.0. The molecule has 0 bridgehead atoms. The average Bonchev–Trinajstić information content (AvgIpc) is 3.63. The van der Waals surface area contributed by atoms with Gasteiger partial charge in [0, 0.05) is 17.3 Å². The number of aromatic nitrogens is 3.